The Morgan fingerprint density at radius 1 is 0.529 bits per heavy atom. The van der Waals surface area contributed by atoms with Crippen molar-refractivity contribution in [3.8, 4) is 50.7 Å². The molecule has 1 aliphatic heterocycles. The fourth-order valence-electron chi connectivity index (χ4n) is 9.56. The van der Waals surface area contributed by atoms with Gasteiger partial charge in [-0.1, -0.05) is 175 Å². The highest BCUT2D eigenvalue weighted by Gasteiger charge is 2.33. The Hall–Kier alpha value is -7.89. The normalized spacial score (nSPS) is 13.8. The molecule has 1 aliphatic rings. The molecular formula is C63H56N4O. The highest BCUT2D eigenvalue weighted by Crippen LogP contribution is 2.51. The average Bonchev–Trinajstić information content (AvgIpc) is 3.94. The lowest BCUT2D eigenvalue weighted by Gasteiger charge is -2.30. The van der Waals surface area contributed by atoms with E-state index in [1.165, 1.54) is 11.1 Å². The predicted molar refractivity (Wildman–Crippen MR) is 286 cm³/mol. The van der Waals surface area contributed by atoms with Crippen LogP contribution < -0.4 is 14.5 Å². The Balaban J connectivity index is 1.04. The van der Waals surface area contributed by atoms with Crippen LogP contribution in [0.15, 0.2) is 200 Å². The van der Waals surface area contributed by atoms with Gasteiger partial charge in [-0.05, 0) is 99.7 Å². The van der Waals surface area contributed by atoms with Crippen LogP contribution >= 0.6 is 0 Å². The fourth-order valence-corrected chi connectivity index (χ4v) is 9.56. The van der Waals surface area contributed by atoms with E-state index in [4.69, 9.17) is 16.6 Å². The zero-order chi connectivity index (χ0) is 51.1. The van der Waals surface area contributed by atoms with Crippen LogP contribution in [0.5, 0.6) is 11.5 Å². The maximum atomic E-state index is 8.69. The Bertz CT molecular complexity index is 3740. The zero-order valence-electron chi connectivity index (χ0n) is 44.6. The third-order valence-corrected chi connectivity index (χ3v) is 13.2. The zero-order valence-corrected chi connectivity index (χ0v) is 39.6. The number of rotatable bonds is 8. The van der Waals surface area contributed by atoms with Crippen LogP contribution in [-0.2, 0) is 10.8 Å². The number of nitrogens with zero attached hydrogens (tertiary/aromatic N) is 4. The summed E-state index contributed by atoms with van der Waals surface area (Å²) >= 11 is 0. The molecule has 5 heteroatoms. The lowest BCUT2D eigenvalue weighted by atomic mass is 9.80. The van der Waals surface area contributed by atoms with Crippen LogP contribution in [0.1, 0.15) is 65.1 Å². The number of hydrogen-bond donors (Lipinski definition) is 0. The van der Waals surface area contributed by atoms with Gasteiger partial charge in [-0.3, -0.25) is 4.57 Å². The van der Waals surface area contributed by atoms with Crippen molar-refractivity contribution in [2.75, 3.05) is 16.5 Å². The van der Waals surface area contributed by atoms with Crippen molar-refractivity contribution in [3.05, 3.63) is 217 Å². The number of aromatic nitrogens is 2. The van der Waals surface area contributed by atoms with Gasteiger partial charge in [0.25, 0.3) is 0 Å². The van der Waals surface area contributed by atoms with Gasteiger partial charge in [-0.2, -0.15) is 0 Å². The highest BCUT2D eigenvalue weighted by atomic mass is 16.5. The largest absolute Gasteiger partial charge is 0.457 e. The molecule has 68 heavy (non-hydrogen) atoms. The molecule has 0 saturated heterocycles. The molecule has 3 heterocycles. The number of hydrogen-bond acceptors (Lipinski definition) is 4. The number of fused-ring (bicyclic) bond motifs is 4. The third-order valence-electron chi connectivity index (χ3n) is 13.2. The summed E-state index contributed by atoms with van der Waals surface area (Å²) in [5.74, 6) is 1.96. The van der Waals surface area contributed by atoms with Crippen molar-refractivity contribution in [1.29, 1.82) is 0 Å². The Morgan fingerprint density at radius 3 is 1.88 bits per heavy atom. The molecule has 334 valence electrons. The van der Waals surface area contributed by atoms with E-state index in [-0.39, 0.29) is 40.6 Å². The molecule has 0 atom stereocenters. The number of ether oxygens (including phenoxy) is 1. The molecule has 2 aromatic heterocycles. The number of pyridine rings is 1. The Kier molecular flexibility index (Phi) is 9.18. The van der Waals surface area contributed by atoms with Gasteiger partial charge >= 0.3 is 0 Å². The fraction of sp³-hybridized carbons (Fsp3) is 0.159. The first-order chi connectivity index (χ1) is 35.0. The van der Waals surface area contributed by atoms with E-state index < -0.39 is 6.04 Å². The van der Waals surface area contributed by atoms with Crippen molar-refractivity contribution in [2.24, 2.45) is 0 Å². The van der Waals surface area contributed by atoms with Gasteiger partial charge in [0, 0.05) is 57.2 Å². The summed E-state index contributed by atoms with van der Waals surface area (Å²) in [5, 5.41) is 2.05. The monoisotopic (exact) mass is 889 g/mol. The van der Waals surface area contributed by atoms with Gasteiger partial charge in [-0.25, -0.2) is 4.98 Å². The number of aryl methyl sites for hydroxylation is 1. The van der Waals surface area contributed by atoms with Crippen molar-refractivity contribution >= 4 is 44.6 Å². The summed E-state index contributed by atoms with van der Waals surface area (Å²) in [6, 6.07) is 55.8. The van der Waals surface area contributed by atoms with Crippen molar-refractivity contribution in [1.82, 2.24) is 9.55 Å². The summed E-state index contributed by atoms with van der Waals surface area (Å²) in [5.41, 5.74) is 14.3. The lowest BCUT2D eigenvalue weighted by molar-refractivity contribution is 0.485. The summed E-state index contributed by atoms with van der Waals surface area (Å²) in [6.45, 7) is 16.2. The molecule has 0 N–H and O–H groups in total. The standard InChI is InChI=1S/C63H56N4O/c1-42-33-60(64-40-55(42)45-25-15-10-16-26-45)67-56-31-18-17-29-52(56)54-38-53(44-23-13-9-14-24-44)59(39-58(54)67)68-50-28-19-27-48(37-50)65-41-66(49-35-46(62(2,3)4)34-47(36-49)63(5,6)7)61-51(30-20-32-57(61)65)43-21-11-8-12-22-43/h8-40H,41H2,1-7H3/i10D,15D,16D,25D,26D. The Morgan fingerprint density at radius 2 is 1.19 bits per heavy atom. The summed E-state index contributed by atoms with van der Waals surface area (Å²) < 4.78 is 51.5. The van der Waals surface area contributed by atoms with Crippen LogP contribution in [0.4, 0.5) is 22.7 Å². The second-order valence-electron chi connectivity index (χ2n) is 19.8. The Labute approximate surface area is 407 Å². The van der Waals surface area contributed by atoms with Gasteiger partial charge in [0.1, 0.15) is 24.0 Å². The second kappa shape index (κ2) is 16.8. The smallest absolute Gasteiger partial charge is 0.137 e. The van der Waals surface area contributed by atoms with Crippen molar-refractivity contribution < 1.29 is 11.6 Å². The van der Waals surface area contributed by atoms with E-state index in [0.29, 0.717) is 29.5 Å². The van der Waals surface area contributed by atoms with Gasteiger partial charge in [-0.15, -0.1) is 0 Å². The van der Waals surface area contributed by atoms with Gasteiger partial charge in [0.2, 0.25) is 0 Å². The first kappa shape index (κ1) is 37.2. The number of benzene rings is 8. The van der Waals surface area contributed by atoms with Gasteiger partial charge in [0.15, 0.2) is 0 Å². The highest BCUT2D eigenvalue weighted by molar-refractivity contribution is 6.11. The number of anilines is 4. The minimum atomic E-state index is -0.427. The average molecular weight is 890 g/mol. The molecular weight excluding hydrogens is 829 g/mol. The van der Waals surface area contributed by atoms with Crippen molar-refractivity contribution in [3.63, 3.8) is 0 Å². The third kappa shape index (κ3) is 7.78. The van der Waals surface area contributed by atoms with Gasteiger partial charge in [0.05, 0.1) is 29.3 Å². The lowest BCUT2D eigenvalue weighted by Crippen LogP contribution is -2.25. The molecule has 5 nitrogen and oxygen atoms in total. The van der Waals surface area contributed by atoms with Crippen molar-refractivity contribution in [2.45, 2.75) is 59.3 Å². The molecule has 0 unspecified atom stereocenters. The summed E-state index contributed by atoms with van der Waals surface area (Å²) in [6.07, 6.45) is 1.62. The summed E-state index contributed by atoms with van der Waals surface area (Å²) in [7, 11) is 0. The molecule has 0 aliphatic carbocycles. The van der Waals surface area contributed by atoms with Crippen LogP contribution in [-0.4, -0.2) is 16.2 Å². The molecule has 0 fully saturated rings. The molecule has 0 spiro atoms. The van der Waals surface area contributed by atoms with Crippen LogP contribution in [0.25, 0.3) is 61.0 Å². The maximum Gasteiger partial charge on any atom is 0.137 e. The van der Waals surface area contributed by atoms with E-state index in [0.717, 1.165) is 72.4 Å². The van der Waals surface area contributed by atoms with Crippen LogP contribution in [0.2, 0.25) is 0 Å². The summed E-state index contributed by atoms with van der Waals surface area (Å²) in [4.78, 5) is 9.81. The van der Waals surface area contributed by atoms with E-state index in [1.807, 2.05) is 49.4 Å². The first-order valence-corrected chi connectivity index (χ1v) is 23.3. The molecule has 0 bridgehead atoms. The second-order valence-corrected chi connectivity index (χ2v) is 19.8. The van der Waals surface area contributed by atoms with E-state index >= 15 is 0 Å². The minimum absolute atomic E-state index is 0.0592. The number of para-hydroxylation sites is 2. The molecule has 0 radical (unpaired) electrons. The molecule has 11 rings (SSSR count). The SMILES string of the molecule is [2H]c1c([2H])c([2H])c(-c2cnc(-n3c4ccccc4c4cc(-c5ccccc5)c(Oc5cccc(N6CN(c7cc(C(C)(C)C)cc(C(C)(C)C)c7)c7c(-c8ccccc8)cccc76)c5)cc43)cc2C)c([2H])c1[2H]. The minimum Gasteiger partial charge on any atom is -0.457 e. The molecule has 0 amide bonds. The molecule has 10 aromatic rings. The quantitative estimate of drug-likeness (QED) is 0.152. The first-order valence-electron chi connectivity index (χ1n) is 25.8. The topological polar surface area (TPSA) is 33.5 Å². The predicted octanol–water partition coefficient (Wildman–Crippen LogP) is 17.1. The van der Waals surface area contributed by atoms with E-state index in [1.54, 1.807) is 6.20 Å². The van der Waals surface area contributed by atoms with Crippen LogP contribution in [0, 0.1) is 6.92 Å². The molecule has 8 aromatic carbocycles. The van der Waals surface area contributed by atoms with Crippen LogP contribution in [0.3, 0.4) is 0 Å². The maximum absolute atomic E-state index is 8.69. The van der Waals surface area contributed by atoms with Gasteiger partial charge < -0.3 is 14.5 Å². The van der Waals surface area contributed by atoms with E-state index in [9.17, 15) is 0 Å². The molecule has 0 saturated carbocycles. The van der Waals surface area contributed by atoms with E-state index in [2.05, 4.69) is 177 Å².